The van der Waals surface area contributed by atoms with Crippen molar-refractivity contribution in [2.45, 2.75) is 159 Å². The van der Waals surface area contributed by atoms with Gasteiger partial charge in [-0.25, -0.2) is 9.59 Å². The number of carbonyl (C=O) groups is 2. The quantitative estimate of drug-likeness (QED) is 0.0804. The van der Waals surface area contributed by atoms with Crippen LogP contribution in [0.2, 0.25) is 36.3 Å². The Kier molecular flexibility index (Phi) is 20.2. The Balaban J connectivity index is 7.42. The van der Waals surface area contributed by atoms with Gasteiger partial charge >= 0.3 is 11.9 Å². The summed E-state index contributed by atoms with van der Waals surface area (Å²) in [6, 6.07) is 5.49. The maximum absolute atomic E-state index is 14.2. The van der Waals surface area contributed by atoms with E-state index in [4.69, 9.17) is 18.3 Å². The van der Waals surface area contributed by atoms with Crippen LogP contribution in [0.5, 0.6) is 0 Å². The van der Waals surface area contributed by atoms with Gasteiger partial charge in [0.2, 0.25) is 0 Å². The van der Waals surface area contributed by atoms with Crippen molar-refractivity contribution in [3.05, 3.63) is 0 Å². The Hall–Kier alpha value is -0.706. The van der Waals surface area contributed by atoms with Gasteiger partial charge in [-0.1, -0.05) is 111 Å². The van der Waals surface area contributed by atoms with Gasteiger partial charge in [-0.2, -0.15) is 0 Å². The summed E-state index contributed by atoms with van der Waals surface area (Å²) in [6.07, 6.45) is -2.29. The molecule has 0 aliphatic rings. The van der Waals surface area contributed by atoms with Crippen molar-refractivity contribution in [3.8, 4) is 0 Å². The van der Waals surface area contributed by atoms with E-state index in [1.165, 1.54) is 0 Å². The molecule has 0 aliphatic heterocycles. The first kappa shape index (κ1) is 43.3. The summed E-state index contributed by atoms with van der Waals surface area (Å²) in [5.41, 5.74) is 0. The van der Waals surface area contributed by atoms with E-state index >= 15 is 0 Å². The van der Waals surface area contributed by atoms with Crippen LogP contribution in [0.15, 0.2) is 0 Å². The first-order valence-corrected chi connectivity index (χ1v) is 22.9. The number of ether oxygens (including phenoxy) is 2. The lowest BCUT2D eigenvalue weighted by Gasteiger charge is -2.43. The molecule has 6 nitrogen and oxygen atoms in total. The van der Waals surface area contributed by atoms with Gasteiger partial charge in [-0.3, -0.25) is 0 Å². The molecule has 0 fully saturated rings. The highest BCUT2D eigenvalue weighted by molar-refractivity contribution is 6.75. The van der Waals surface area contributed by atoms with E-state index in [1.807, 2.05) is 27.7 Å². The van der Waals surface area contributed by atoms with Gasteiger partial charge in [0.1, 0.15) is 0 Å². The number of hydrogen-bond acceptors (Lipinski definition) is 6. The maximum atomic E-state index is 14.2. The van der Waals surface area contributed by atoms with Gasteiger partial charge in [0.25, 0.3) is 0 Å². The normalized spacial score (nSPS) is 14.6. The van der Waals surface area contributed by atoms with Gasteiger partial charge < -0.3 is 18.3 Å². The lowest BCUT2D eigenvalue weighted by atomic mass is 10.2. The van der Waals surface area contributed by atoms with Crippen molar-refractivity contribution in [2.75, 3.05) is 13.2 Å². The van der Waals surface area contributed by atoms with Crippen molar-refractivity contribution in [1.82, 2.24) is 0 Å². The van der Waals surface area contributed by atoms with Crippen LogP contribution in [0.4, 0.5) is 0 Å². The zero-order valence-electron chi connectivity index (χ0n) is 31.9. The molecule has 0 spiro atoms. The second-order valence-electron chi connectivity index (χ2n) is 17.1. The molecule has 2 unspecified atom stereocenters. The second kappa shape index (κ2) is 20.5. The molecule has 0 aromatic heterocycles. The summed E-state index contributed by atoms with van der Waals surface area (Å²) >= 11 is 0. The lowest BCUT2D eigenvalue weighted by Crippen LogP contribution is -2.58. The standard InChI is InChI=1S/C36H74O6Si2/c1-25(2)17-39-35(37)33(41-43(19-27(5)6,20-28(7)8)21-29(9)10)34(36(38)40-18-26(3)4)42-44(22-30(11)12,23-31(13)14)24-32(15)16/h25-34H,17-24H2,1-16H3. The van der Waals surface area contributed by atoms with Crippen LogP contribution in [-0.4, -0.2) is 54.0 Å². The first-order valence-electron chi connectivity index (χ1n) is 17.8. The van der Waals surface area contributed by atoms with E-state index in [0.29, 0.717) is 35.5 Å². The van der Waals surface area contributed by atoms with E-state index < -0.39 is 40.8 Å². The van der Waals surface area contributed by atoms with Gasteiger partial charge in [0.05, 0.1) is 13.2 Å². The van der Waals surface area contributed by atoms with Gasteiger partial charge in [0, 0.05) is 0 Å². The largest absolute Gasteiger partial charge is 0.463 e. The average Bonchev–Trinajstić information content (AvgIpc) is 2.80. The van der Waals surface area contributed by atoms with Crippen molar-refractivity contribution in [1.29, 1.82) is 0 Å². The molecule has 262 valence electrons. The number of carbonyl (C=O) groups excluding carboxylic acids is 2. The molecule has 0 aromatic carbocycles. The maximum Gasteiger partial charge on any atom is 0.337 e. The third kappa shape index (κ3) is 17.8. The van der Waals surface area contributed by atoms with Crippen molar-refractivity contribution in [3.63, 3.8) is 0 Å². The summed E-state index contributed by atoms with van der Waals surface area (Å²) in [7, 11) is -5.13. The monoisotopic (exact) mass is 659 g/mol. The highest BCUT2D eigenvalue weighted by Gasteiger charge is 2.50. The molecule has 0 aromatic rings. The van der Waals surface area contributed by atoms with E-state index in [0.717, 1.165) is 36.3 Å². The van der Waals surface area contributed by atoms with Gasteiger partial charge in [0.15, 0.2) is 28.8 Å². The Labute approximate surface area is 275 Å². The van der Waals surface area contributed by atoms with Crippen LogP contribution in [0.25, 0.3) is 0 Å². The molecule has 0 aliphatic carbocycles. The minimum atomic E-state index is -2.56. The fourth-order valence-electron chi connectivity index (χ4n) is 6.92. The number of esters is 2. The molecular weight excluding hydrogens is 585 g/mol. The summed E-state index contributed by atoms with van der Waals surface area (Å²) in [6.45, 7) is 35.4. The molecule has 0 saturated heterocycles. The summed E-state index contributed by atoms with van der Waals surface area (Å²) in [5.74, 6) is 1.74. The highest BCUT2D eigenvalue weighted by atomic mass is 28.4. The minimum Gasteiger partial charge on any atom is -0.463 e. The molecule has 44 heavy (non-hydrogen) atoms. The van der Waals surface area contributed by atoms with Crippen LogP contribution >= 0.6 is 0 Å². The highest BCUT2D eigenvalue weighted by Crippen LogP contribution is 2.38. The lowest BCUT2D eigenvalue weighted by molar-refractivity contribution is -0.171. The molecule has 0 saturated carbocycles. The SMILES string of the molecule is CC(C)COC(=O)C(O[Si](CC(C)C)(CC(C)C)CC(C)C)C(O[Si](CC(C)C)(CC(C)C)CC(C)C)C(=O)OCC(C)C. The number of rotatable bonds is 23. The summed E-state index contributed by atoms with van der Waals surface area (Å²) in [4.78, 5) is 28.4. The van der Waals surface area contributed by atoms with Crippen LogP contribution < -0.4 is 0 Å². The third-order valence-corrected chi connectivity index (χ3v) is 18.2. The predicted octanol–water partition coefficient (Wildman–Crippen LogP) is 9.98. The fourth-order valence-corrected chi connectivity index (χ4v) is 18.9. The molecule has 0 rings (SSSR count). The van der Waals surface area contributed by atoms with Crippen LogP contribution in [0.1, 0.15) is 111 Å². The Morgan fingerprint density at radius 1 is 0.386 bits per heavy atom. The Bertz CT molecular complexity index is 687. The minimum absolute atomic E-state index is 0.159. The van der Waals surface area contributed by atoms with Crippen LogP contribution in [0.3, 0.4) is 0 Å². The van der Waals surface area contributed by atoms with Crippen molar-refractivity contribution in [2.24, 2.45) is 47.3 Å². The zero-order valence-corrected chi connectivity index (χ0v) is 33.9. The summed E-state index contributed by atoms with van der Waals surface area (Å²) < 4.78 is 26.4. The van der Waals surface area contributed by atoms with E-state index in [-0.39, 0.29) is 25.0 Å². The van der Waals surface area contributed by atoms with Crippen molar-refractivity contribution >= 4 is 28.6 Å². The van der Waals surface area contributed by atoms with E-state index in [9.17, 15) is 9.59 Å². The molecule has 0 amide bonds. The Morgan fingerprint density at radius 3 is 0.750 bits per heavy atom. The van der Waals surface area contributed by atoms with Crippen LogP contribution in [0, 0.1) is 47.3 Å². The fraction of sp³-hybridized carbons (Fsp3) is 0.944. The second-order valence-corrected chi connectivity index (χ2v) is 24.7. The molecule has 0 heterocycles. The third-order valence-electron chi connectivity index (χ3n) is 7.29. The molecule has 0 N–H and O–H groups in total. The van der Waals surface area contributed by atoms with Gasteiger partial charge in [-0.15, -0.1) is 0 Å². The molecular formula is C36H74O6Si2. The first-order chi connectivity index (χ1) is 20.1. The molecule has 0 radical (unpaired) electrons. The van der Waals surface area contributed by atoms with Gasteiger partial charge in [-0.05, 0) is 83.6 Å². The predicted molar refractivity (Wildman–Crippen MR) is 191 cm³/mol. The zero-order chi connectivity index (χ0) is 34.4. The summed E-state index contributed by atoms with van der Waals surface area (Å²) in [5, 5.41) is 0. The number of hydrogen-bond donors (Lipinski definition) is 0. The smallest absolute Gasteiger partial charge is 0.337 e. The van der Waals surface area contributed by atoms with E-state index in [1.54, 1.807) is 0 Å². The molecule has 8 heteroatoms. The van der Waals surface area contributed by atoms with Crippen LogP contribution in [-0.2, 0) is 27.9 Å². The molecule has 0 bridgehead atoms. The van der Waals surface area contributed by atoms with E-state index in [2.05, 4.69) is 83.1 Å². The van der Waals surface area contributed by atoms with Crippen molar-refractivity contribution < 1.29 is 27.9 Å². The topological polar surface area (TPSA) is 71.1 Å². The molecule has 2 atom stereocenters. The Morgan fingerprint density at radius 2 is 0.591 bits per heavy atom. The average molecular weight is 659 g/mol.